The van der Waals surface area contributed by atoms with Crippen LogP contribution in [0.25, 0.3) is 93.0 Å². The Kier molecular flexibility index (Phi) is 6.64. The minimum absolute atomic E-state index is 0.642. The molecule has 0 radical (unpaired) electrons. The van der Waals surface area contributed by atoms with Gasteiger partial charge in [0.15, 0.2) is 17.5 Å². The van der Waals surface area contributed by atoms with Gasteiger partial charge >= 0.3 is 0 Å². The van der Waals surface area contributed by atoms with E-state index in [9.17, 15) is 0 Å². The summed E-state index contributed by atoms with van der Waals surface area (Å²) in [6.07, 6.45) is 0. The Labute approximate surface area is 292 Å². The van der Waals surface area contributed by atoms with Crippen LogP contribution in [0.2, 0.25) is 0 Å². The number of nitrogens with zero attached hydrogens (tertiary/aromatic N) is 4. The Balaban J connectivity index is 1.16. The summed E-state index contributed by atoms with van der Waals surface area (Å²) in [6.45, 7) is 0. The van der Waals surface area contributed by atoms with Crippen LogP contribution in [-0.2, 0) is 0 Å². The van der Waals surface area contributed by atoms with Crippen LogP contribution in [0.4, 0.5) is 0 Å². The molecule has 0 aliphatic carbocycles. The molecule has 0 saturated heterocycles. The second kappa shape index (κ2) is 11.6. The van der Waals surface area contributed by atoms with Crippen molar-refractivity contribution < 1.29 is 0 Å². The SMILES string of the molecule is c1ccc(-c2nc(-c3ccccc3)nc(-c3ccc(-n4c5ccccc5c5cccc(-c6cccc7c6sc6ccccc67)c54)cc3)n2)cc1. The van der Waals surface area contributed by atoms with Crippen LogP contribution < -0.4 is 0 Å². The topological polar surface area (TPSA) is 43.6 Å². The number of hydrogen-bond donors (Lipinski definition) is 0. The van der Waals surface area contributed by atoms with Crippen LogP contribution in [0.5, 0.6) is 0 Å². The highest BCUT2D eigenvalue weighted by Gasteiger charge is 2.19. The van der Waals surface area contributed by atoms with E-state index in [0.717, 1.165) is 22.4 Å². The first-order chi connectivity index (χ1) is 24.8. The minimum Gasteiger partial charge on any atom is -0.309 e. The fourth-order valence-electron chi connectivity index (χ4n) is 7.16. The maximum absolute atomic E-state index is 4.96. The Morgan fingerprint density at radius 3 is 1.58 bits per heavy atom. The zero-order chi connectivity index (χ0) is 33.0. The van der Waals surface area contributed by atoms with Crippen LogP contribution in [-0.4, -0.2) is 19.5 Å². The molecule has 10 rings (SSSR count). The van der Waals surface area contributed by atoms with E-state index in [-0.39, 0.29) is 0 Å². The van der Waals surface area contributed by atoms with Crippen LogP contribution in [0.1, 0.15) is 0 Å². The average molecular weight is 657 g/mol. The first-order valence-corrected chi connectivity index (χ1v) is 17.5. The molecule has 4 nitrogen and oxygen atoms in total. The van der Waals surface area contributed by atoms with Gasteiger partial charge in [-0.3, -0.25) is 0 Å². The predicted molar refractivity (Wildman–Crippen MR) is 209 cm³/mol. The lowest BCUT2D eigenvalue weighted by molar-refractivity contribution is 1.07. The molecule has 5 heteroatoms. The number of para-hydroxylation sites is 2. The van der Waals surface area contributed by atoms with Gasteiger partial charge in [-0.25, -0.2) is 15.0 Å². The van der Waals surface area contributed by atoms with Gasteiger partial charge in [-0.15, -0.1) is 11.3 Å². The third kappa shape index (κ3) is 4.63. The number of aromatic nitrogens is 4. The second-order valence-electron chi connectivity index (χ2n) is 12.4. The van der Waals surface area contributed by atoms with Crippen LogP contribution in [0.15, 0.2) is 170 Å². The summed E-state index contributed by atoms with van der Waals surface area (Å²) in [5, 5.41) is 5.07. The molecule has 0 unspecified atom stereocenters. The third-order valence-electron chi connectivity index (χ3n) is 9.47. The lowest BCUT2D eigenvalue weighted by atomic mass is 10.00. The molecule has 3 heterocycles. The number of rotatable bonds is 5. The highest BCUT2D eigenvalue weighted by molar-refractivity contribution is 7.26. The summed E-state index contributed by atoms with van der Waals surface area (Å²) in [6, 6.07) is 59.7. The standard InChI is InChI=1S/C45H28N4S/c1-3-13-29(14-4-1)43-46-44(30-15-5-2-6-16-30)48-45(47-43)31-25-27-32(28-26-31)49-39-23-9-7-17-33(39)35-19-11-20-36(41(35)49)38-22-12-21-37-34-18-8-10-24-40(34)50-42(37)38/h1-28H. The van der Waals surface area contributed by atoms with Gasteiger partial charge < -0.3 is 4.57 Å². The quantitative estimate of drug-likeness (QED) is 0.185. The molecule has 7 aromatic carbocycles. The van der Waals surface area contributed by atoms with Crippen molar-refractivity contribution in [3.05, 3.63) is 170 Å². The average Bonchev–Trinajstić information content (AvgIpc) is 3.75. The van der Waals surface area contributed by atoms with Crippen molar-refractivity contribution in [3.63, 3.8) is 0 Å². The van der Waals surface area contributed by atoms with E-state index in [0.29, 0.717) is 17.5 Å². The molecule has 0 amide bonds. The summed E-state index contributed by atoms with van der Waals surface area (Å²) in [5.74, 6) is 1.95. The van der Waals surface area contributed by atoms with Crippen molar-refractivity contribution in [2.45, 2.75) is 0 Å². The van der Waals surface area contributed by atoms with Gasteiger partial charge in [-0.2, -0.15) is 0 Å². The number of thiophene rings is 1. The normalized spacial score (nSPS) is 11.6. The smallest absolute Gasteiger partial charge is 0.164 e. The summed E-state index contributed by atoms with van der Waals surface area (Å²) < 4.78 is 5.03. The van der Waals surface area contributed by atoms with Crippen molar-refractivity contribution in [2.24, 2.45) is 0 Å². The summed E-state index contributed by atoms with van der Waals surface area (Å²) >= 11 is 1.87. The fourth-order valence-corrected chi connectivity index (χ4v) is 8.39. The van der Waals surface area contributed by atoms with Gasteiger partial charge in [0.1, 0.15) is 0 Å². The van der Waals surface area contributed by atoms with Gasteiger partial charge in [-0.1, -0.05) is 133 Å². The van der Waals surface area contributed by atoms with E-state index in [2.05, 4.69) is 114 Å². The van der Waals surface area contributed by atoms with Crippen molar-refractivity contribution in [3.8, 4) is 51.0 Å². The van der Waals surface area contributed by atoms with Crippen molar-refractivity contribution in [2.75, 3.05) is 0 Å². The lowest BCUT2D eigenvalue weighted by Gasteiger charge is -2.13. The largest absolute Gasteiger partial charge is 0.309 e. The fraction of sp³-hybridized carbons (Fsp3) is 0. The van der Waals surface area contributed by atoms with Gasteiger partial charge in [0.2, 0.25) is 0 Å². The minimum atomic E-state index is 0.642. The van der Waals surface area contributed by atoms with Crippen molar-refractivity contribution >= 4 is 53.3 Å². The molecule has 0 atom stereocenters. The molecule has 0 saturated carbocycles. The lowest BCUT2D eigenvalue weighted by Crippen LogP contribution is -2.00. The highest BCUT2D eigenvalue weighted by atomic mass is 32.1. The van der Waals surface area contributed by atoms with Gasteiger partial charge in [0.05, 0.1) is 11.0 Å². The molecule has 10 aromatic rings. The first-order valence-electron chi connectivity index (χ1n) is 16.7. The summed E-state index contributed by atoms with van der Waals surface area (Å²) in [5.41, 5.74) is 8.76. The van der Waals surface area contributed by atoms with E-state index in [1.165, 1.54) is 53.1 Å². The van der Waals surface area contributed by atoms with Crippen molar-refractivity contribution in [1.29, 1.82) is 0 Å². The van der Waals surface area contributed by atoms with Gasteiger partial charge in [0.25, 0.3) is 0 Å². The molecule has 3 aromatic heterocycles. The Morgan fingerprint density at radius 2 is 0.900 bits per heavy atom. The maximum atomic E-state index is 4.96. The number of fused-ring (bicyclic) bond motifs is 6. The third-order valence-corrected chi connectivity index (χ3v) is 10.7. The van der Waals surface area contributed by atoms with E-state index in [1.807, 2.05) is 72.0 Å². The Hall–Kier alpha value is -6.43. The molecule has 0 fully saturated rings. The summed E-state index contributed by atoms with van der Waals surface area (Å²) in [4.78, 5) is 14.8. The predicted octanol–water partition coefficient (Wildman–Crippen LogP) is 12.0. The highest BCUT2D eigenvalue weighted by Crippen LogP contribution is 2.44. The van der Waals surface area contributed by atoms with Crippen LogP contribution in [0, 0.1) is 0 Å². The van der Waals surface area contributed by atoms with E-state index >= 15 is 0 Å². The molecule has 0 N–H and O–H groups in total. The monoisotopic (exact) mass is 656 g/mol. The maximum Gasteiger partial charge on any atom is 0.164 e. The number of hydrogen-bond acceptors (Lipinski definition) is 4. The zero-order valence-corrected chi connectivity index (χ0v) is 27.7. The first kappa shape index (κ1) is 28.6. The van der Waals surface area contributed by atoms with Crippen LogP contribution in [0.3, 0.4) is 0 Å². The zero-order valence-electron chi connectivity index (χ0n) is 26.9. The molecular formula is C45H28N4S. The van der Waals surface area contributed by atoms with E-state index in [1.54, 1.807) is 0 Å². The Bertz CT molecular complexity index is 2800. The molecule has 0 aliphatic rings. The second-order valence-corrected chi connectivity index (χ2v) is 13.5. The summed E-state index contributed by atoms with van der Waals surface area (Å²) in [7, 11) is 0. The molecular weight excluding hydrogens is 629 g/mol. The van der Waals surface area contributed by atoms with E-state index in [4.69, 9.17) is 15.0 Å². The number of benzene rings is 7. The molecule has 234 valence electrons. The van der Waals surface area contributed by atoms with Gasteiger partial charge in [0, 0.05) is 64.4 Å². The van der Waals surface area contributed by atoms with Crippen molar-refractivity contribution in [1.82, 2.24) is 19.5 Å². The van der Waals surface area contributed by atoms with E-state index < -0.39 is 0 Å². The molecule has 0 spiro atoms. The molecule has 0 bridgehead atoms. The Morgan fingerprint density at radius 1 is 0.380 bits per heavy atom. The van der Waals surface area contributed by atoms with Gasteiger partial charge in [-0.05, 0) is 36.4 Å². The molecule has 50 heavy (non-hydrogen) atoms. The molecule has 0 aliphatic heterocycles. The van der Waals surface area contributed by atoms with Crippen LogP contribution >= 0.6 is 11.3 Å².